The number of carbonyl (C=O) groups is 2. The third-order valence-corrected chi connectivity index (χ3v) is 3.97. The fourth-order valence-electron chi connectivity index (χ4n) is 2.68. The molecule has 6 nitrogen and oxygen atoms in total. The van der Waals surface area contributed by atoms with Crippen molar-refractivity contribution >= 4 is 11.7 Å². The smallest absolute Gasteiger partial charge is 0.262 e. The summed E-state index contributed by atoms with van der Waals surface area (Å²) in [6, 6.07) is 0. The van der Waals surface area contributed by atoms with Gasteiger partial charge in [-0.3, -0.25) is 14.5 Å². The van der Waals surface area contributed by atoms with E-state index in [2.05, 4.69) is 10.2 Å². The molecule has 0 aromatic carbocycles. The molecule has 0 saturated carbocycles. The minimum Gasteiger partial charge on any atom is -0.482 e. The molecule has 1 amide bonds. The highest BCUT2D eigenvalue weighted by Crippen LogP contribution is 2.20. The van der Waals surface area contributed by atoms with E-state index in [-0.39, 0.29) is 18.3 Å². The second-order valence-corrected chi connectivity index (χ2v) is 5.50. The van der Waals surface area contributed by atoms with Gasteiger partial charge in [0.2, 0.25) is 0 Å². The van der Waals surface area contributed by atoms with Crippen LogP contribution < -0.4 is 5.32 Å². The molecule has 1 aliphatic carbocycles. The van der Waals surface area contributed by atoms with Crippen molar-refractivity contribution in [2.45, 2.75) is 12.8 Å². The van der Waals surface area contributed by atoms with Gasteiger partial charge in [-0.1, -0.05) is 6.08 Å². The van der Waals surface area contributed by atoms with E-state index < -0.39 is 0 Å². The highest BCUT2D eigenvalue weighted by atomic mass is 16.5. The summed E-state index contributed by atoms with van der Waals surface area (Å²) in [5.41, 5.74) is 1.41. The van der Waals surface area contributed by atoms with E-state index in [1.165, 1.54) is 0 Å². The van der Waals surface area contributed by atoms with Crippen molar-refractivity contribution in [3.05, 3.63) is 35.3 Å². The largest absolute Gasteiger partial charge is 0.482 e. The van der Waals surface area contributed by atoms with Gasteiger partial charge in [0.25, 0.3) is 5.91 Å². The summed E-state index contributed by atoms with van der Waals surface area (Å²) in [6.45, 7) is 4.04. The molecule has 3 rings (SSSR count). The first-order valence-electron chi connectivity index (χ1n) is 7.60. The number of nitrogens with one attached hydrogen (secondary N) is 1. The summed E-state index contributed by atoms with van der Waals surface area (Å²) in [5.74, 6) is 0.614. The van der Waals surface area contributed by atoms with E-state index >= 15 is 0 Å². The number of ether oxygens (including phenoxy) is 2. The van der Waals surface area contributed by atoms with Crippen LogP contribution in [0.3, 0.4) is 0 Å². The van der Waals surface area contributed by atoms with Gasteiger partial charge in [0.05, 0.1) is 18.9 Å². The monoisotopic (exact) mass is 304 g/mol. The van der Waals surface area contributed by atoms with Crippen LogP contribution in [0.5, 0.6) is 0 Å². The molecule has 1 fully saturated rings. The van der Waals surface area contributed by atoms with Gasteiger partial charge < -0.3 is 14.8 Å². The SMILES string of the molecule is O=C1COC2=C(CC=C(C(=O)CCN3CCOCC3)C=C2)N1. The number of hydrogen-bond donors (Lipinski definition) is 1. The highest BCUT2D eigenvalue weighted by molar-refractivity contribution is 5.98. The maximum absolute atomic E-state index is 12.3. The van der Waals surface area contributed by atoms with Gasteiger partial charge in [0.1, 0.15) is 5.76 Å². The Labute approximate surface area is 129 Å². The highest BCUT2D eigenvalue weighted by Gasteiger charge is 2.20. The normalized spacial score (nSPS) is 22.4. The lowest BCUT2D eigenvalue weighted by molar-refractivity contribution is -0.125. The number of carbonyl (C=O) groups excluding carboxylic acids is 2. The van der Waals surface area contributed by atoms with E-state index in [0.29, 0.717) is 24.2 Å². The summed E-state index contributed by atoms with van der Waals surface area (Å²) in [4.78, 5) is 25.9. The molecule has 0 unspecified atom stereocenters. The second-order valence-electron chi connectivity index (χ2n) is 5.50. The average molecular weight is 304 g/mol. The molecule has 0 aromatic heterocycles. The number of amides is 1. The Bertz CT molecular complexity index is 556. The molecule has 3 aliphatic rings. The molecule has 2 aliphatic heterocycles. The minimum atomic E-state index is -0.150. The zero-order valence-corrected chi connectivity index (χ0v) is 12.5. The van der Waals surface area contributed by atoms with Crippen molar-refractivity contribution in [3.63, 3.8) is 0 Å². The summed E-state index contributed by atoms with van der Waals surface area (Å²) in [7, 11) is 0. The molecule has 6 heteroatoms. The van der Waals surface area contributed by atoms with Gasteiger partial charge in [0, 0.05) is 38.0 Å². The number of rotatable bonds is 4. The Kier molecular flexibility index (Phi) is 4.70. The van der Waals surface area contributed by atoms with Crippen molar-refractivity contribution < 1.29 is 19.1 Å². The van der Waals surface area contributed by atoms with Crippen molar-refractivity contribution in [3.8, 4) is 0 Å². The fourth-order valence-corrected chi connectivity index (χ4v) is 2.68. The van der Waals surface area contributed by atoms with E-state index in [1.54, 1.807) is 12.2 Å². The Morgan fingerprint density at radius 1 is 1.27 bits per heavy atom. The van der Waals surface area contributed by atoms with E-state index in [0.717, 1.165) is 38.5 Å². The Balaban J connectivity index is 1.56. The number of Topliss-reactive ketones (excluding diaryl/α,β-unsaturated/α-hetero) is 1. The third kappa shape index (κ3) is 3.64. The molecule has 0 atom stereocenters. The van der Waals surface area contributed by atoms with E-state index in [9.17, 15) is 9.59 Å². The molecule has 0 bridgehead atoms. The van der Waals surface area contributed by atoms with Crippen LogP contribution >= 0.6 is 0 Å². The van der Waals surface area contributed by atoms with Gasteiger partial charge in [-0.05, 0) is 12.2 Å². The van der Waals surface area contributed by atoms with Crippen molar-refractivity contribution in [1.29, 1.82) is 0 Å². The number of nitrogens with zero attached hydrogens (tertiary/aromatic N) is 1. The van der Waals surface area contributed by atoms with Crippen LogP contribution in [0.1, 0.15) is 12.8 Å². The van der Waals surface area contributed by atoms with Crippen LogP contribution in [0.2, 0.25) is 0 Å². The van der Waals surface area contributed by atoms with Crippen molar-refractivity contribution in [2.75, 3.05) is 39.5 Å². The topological polar surface area (TPSA) is 67.9 Å². The van der Waals surface area contributed by atoms with Crippen molar-refractivity contribution in [2.24, 2.45) is 0 Å². The zero-order chi connectivity index (χ0) is 15.4. The Morgan fingerprint density at radius 2 is 2.09 bits per heavy atom. The van der Waals surface area contributed by atoms with Crippen LogP contribution in [0.25, 0.3) is 0 Å². The summed E-state index contributed by atoms with van der Waals surface area (Å²) in [5, 5.41) is 2.79. The molecule has 22 heavy (non-hydrogen) atoms. The molecule has 0 radical (unpaired) electrons. The second kappa shape index (κ2) is 6.89. The zero-order valence-electron chi connectivity index (χ0n) is 12.5. The van der Waals surface area contributed by atoms with Gasteiger partial charge >= 0.3 is 0 Å². The first-order chi connectivity index (χ1) is 10.7. The summed E-state index contributed by atoms with van der Waals surface area (Å²) >= 11 is 0. The fraction of sp³-hybridized carbons (Fsp3) is 0.500. The predicted molar refractivity (Wildman–Crippen MR) is 79.8 cm³/mol. The average Bonchev–Trinajstić information content (AvgIpc) is 2.76. The predicted octanol–water partition coefficient (Wildman–Crippen LogP) is 0.522. The number of ketones is 1. The number of hydrogen-bond acceptors (Lipinski definition) is 5. The molecule has 0 aromatic rings. The van der Waals surface area contributed by atoms with Crippen LogP contribution in [-0.2, 0) is 19.1 Å². The lowest BCUT2D eigenvalue weighted by Crippen LogP contribution is -2.37. The van der Waals surface area contributed by atoms with Crippen molar-refractivity contribution in [1.82, 2.24) is 10.2 Å². The number of morpholine rings is 1. The van der Waals surface area contributed by atoms with Crippen LogP contribution in [0.15, 0.2) is 35.3 Å². The van der Waals surface area contributed by atoms with Gasteiger partial charge in [-0.25, -0.2) is 0 Å². The lowest BCUT2D eigenvalue weighted by Gasteiger charge is -2.26. The number of allylic oxidation sites excluding steroid dienone is 4. The van der Waals surface area contributed by atoms with Gasteiger partial charge in [0.15, 0.2) is 12.4 Å². The Hall–Kier alpha value is -1.92. The standard InChI is InChI=1S/C16H20N2O4/c19-14(5-6-18-7-9-21-10-8-18)12-1-3-13-15(4-2-12)22-11-16(20)17-13/h1-2,4H,3,5-11H2,(H,17,20). The van der Waals surface area contributed by atoms with Crippen LogP contribution in [0.4, 0.5) is 0 Å². The maximum atomic E-state index is 12.3. The van der Waals surface area contributed by atoms with Crippen LogP contribution in [0, 0.1) is 0 Å². The van der Waals surface area contributed by atoms with E-state index in [4.69, 9.17) is 9.47 Å². The first kappa shape index (κ1) is 15.0. The molecule has 0 spiro atoms. The molecule has 2 heterocycles. The minimum absolute atomic E-state index is 0.0312. The maximum Gasteiger partial charge on any atom is 0.262 e. The third-order valence-electron chi connectivity index (χ3n) is 3.97. The lowest BCUT2D eigenvalue weighted by atomic mass is 10.1. The molecule has 1 saturated heterocycles. The summed E-state index contributed by atoms with van der Waals surface area (Å²) in [6.07, 6.45) is 6.40. The van der Waals surface area contributed by atoms with Gasteiger partial charge in [-0.2, -0.15) is 0 Å². The molecule has 1 N–H and O–H groups in total. The van der Waals surface area contributed by atoms with Gasteiger partial charge in [-0.15, -0.1) is 0 Å². The summed E-state index contributed by atoms with van der Waals surface area (Å²) < 4.78 is 10.7. The van der Waals surface area contributed by atoms with E-state index in [1.807, 2.05) is 6.08 Å². The quantitative estimate of drug-likeness (QED) is 0.820. The first-order valence-corrected chi connectivity index (χ1v) is 7.60. The Morgan fingerprint density at radius 3 is 2.91 bits per heavy atom. The molecule has 118 valence electrons. The van der Waals surface area contributed by atoms with Crippen LogP contribution in [-0.4, -0.2) is 56.0 Å². The molecular formula is C16H20N2O4. The molecular weight excluding hydrogens is 284 g/mol.